The molecule has 1 fully saturated rings. The van der Waals surface area contributed by atoms with E-state index in [1.165, 1.54) is 38.8 Å². The summed E-state index contributed by atoms with van der Waals surface area (Å²) in [6.45, 7) is 5.22. The van der Waals surface area contributed by atoms with Crippen LogP contribution in [-0.2, 0) is 4.74 Å². The Kier molecular flexibility index (Phi) is 6.74. The van der Waals surface area contributed by atoms with Gasteiger partial charge in [-0.15, -0.1) is 0 Å². The number of nitrogens with one attached hydrogen (secondary N) is 1. The van der Waals surface area contributed by atoms with Gasteiger partial charge in [0.15, 0.2) is 0 Å². The number of ether oxygens (including phenoxy) is 2. The predicted octanol–water partition coefficient (Wildman–Crippen LogP) is 4.64. The van der Waals surface area contributed by atoms with E-state index < -0.39 is 0 Å². The summed E-state index contributed by atoms with van der Waals surface area (Å²) in [7, 11) is 0. The standard InChI is InChI=1S/C21H31NO3/c1-2-3-7-20-18-9-8-17(15-19(18)21(23)25-20)24-14-5-4-6-16-10-12-22-13-11-16/h8-9,15-16,20,22H,2-7,10-14H2,1H3. The highest BCUT2D eigenvalue weighted by Crippen LogP contribution is 2.36. The van der Waals surface area contributed by atoms with Crippen molar-refractivity contribution >= 4 is 5.97 Å². The molecule has 0 saturated carbocycles. The maximum Gasteiger partial charge on any atom is 0.339 e. The highest BCUT2D eigenvalue weighted by molar-refractivity contribution is 5.94. The second kappa shape index (κ2) is 9.23. The van der Waals surface area contributed by atoms with E-state index in [1.54, 1.807) is 0 Å². The summed E-state index contributed by atoms with van der Waals surface area (Å²) in [6, 6.07) is 5.84. The first-order valence-corrected chi connectivity index (χ1v) is 9.96. The van der Waals surface area contributed by atoms with E-state index in [4.69, 9.17) is 9.47 Å². The number of rotatable bonds is 9. The molecule has 0 radical (unpaired) electrons. The molecule has 0 bridgehead atoms. The molecule has 1 atom stereocenters. The third-order valence-electron chi connectivity index (χ3n) is 5.39. The number of benzene rings is 1. The third kappa shape index (κ3) is 4.97. The molecular weight excluding hydrogens is 314 g/mol. The van der Waals surface area contributed by atoms with Crippen molar-refractivity contribution < 1.29 is 14.3 Å². The largest absolute Gasteiger partial charge is 0.494 e. The zero-order valence-corrected chi connectivity index (χ0v) is 15.4. The molecule has 1 unspecified atom stereocenters. The van der Waals surface area contributed by atoms with Crippen molar-refractivity contribution in [1.29, 1.82) is 0 Å². The fraction of sp³-hybridized carbons (Fsp3) is 0.667. The molecule has 2 aliphatic heterocycles. The van der Waals surface area contributed by atoms with Gasteiger partial charge in [-0.1, -0.05) is 25.8 Å². The maximum absolute atomic E-state index is 12.1. The summed E-state index contributed by atoms with van der Waals surface area (Å²) in [5.74, 6) is 1.47. The number of esters is 1. The Hall–Kier alpha value is -1.55. The lowest BCUT2D eigenvalue weighted by Crippen LogP contribution is -2.27. The summed E-state index contributed by atoms with van der Waals surface area (Å²) in [4.78, 5) is 12.1. The first-order chi connectivity index (χ1) is 12.3. The number of hydrogen-bond donors (Lipinski definition) is 1. The topological polar surface area (TPSA) is 47.6 Å². The van der Waals surface area contributed by atoms with Crippen molar-refractivity contribution in [2.75, 3.05) is 19.7 Å². The lowest BCUT2D eigenvalue weighted by Gasteiger charge is -2.22. The Morgan fingerprint density at radius 1 is 1.16 bits per heavy atom. The Bertz CT molecular complexity index is 566. The molecule has 3 rings (SSSR count). The van der Waals surface area contributed by atoms with E-state index in [0.29, 0.717) is 5.56 Å². The predicted molar refractivity (Wildman–Crippen MR) is 99.1 cm³/mol. The van der Waals surface area contributed by atoms with Crippen LogP contribution >= 0.6 is 0 Å². The van der Waals surface area contributed by atoms with Crippen molar-refractivity contribution in [2.45, 2.75) is 64.4 Å². The highest BCUT2D eigenvalue weighted by Gasteiger charge is 2.30. The summed E-state index contributed by atoms with van der Waals surface area (Å²) in [6.07, 6.45) is 9.25. The van der Waals surface area contributed by atoms with Gasteiger partial charge in [0.2, 0.25) is 0 Å². The second-order valence-corrected chi connectivity index (χ2v) is 7.32. The van der Waals surface area contributed by atoms with Crippen LogP contribution < -0.4 is 10.1 Å². The number of carbonyl (C=O) groups excluding carboxylic acids is 1. The van der Waals surface area contributed by atoms with Crippen LogP contribution in [0.25, 0.3) is 0 Å². The van der Waals surface area contributed by atoms with Crippen LogP contribution in [0.5, 0.6) is 5.75 Å². The molecule has 2 heterocycles. The van der Waals surface area contributed by atoms with E-state index in [9.17, 15) is 4.79 Å². The first kappa shape index (κ1) is 18.2. The molecule has 138 valence electrons. The van der Waals surface area contributed by atoms with Crippen LogP contribution in [0.3, 0.4) is 0 Å². The van der Waals surface area contributed by atoms with Crippen molar-refractivity contribution in [1.82, 2.24) is 5.32 Å². The smallest absolute Gasteiger partial charge is 0.339 e. The average molecular weight is 345 g/mol. The molecule has 1 N–H and O–H groups in total. The molecule has 0 aromatic heterocycles. The van der Waals surface area contributed by atoms with Crippen LogP contribution in [0.15, 0.2) is 18.2 Å². The van der Waals surface area contributed by atoms with Gasteiger partial charge in [0, 0.05) is 5.56 Å². The first-order valence-electron chi connectivity index (χ1n) is 9.96. The van der Waals surface area contributed by atoms with Crippen LogP contribution in [0.4, 0.5) is 0 Å². The van der Waals surface area contributed by atoms with E-state index in [0.717, 1.165) is 49.5 Å². The molecule has 0 spiro atoms. The maximum atomic E-state index is 12.1. The van der Waals surface area contributed by atoms with Gasteiger partial charge in [-0.2, -0.15) is 0 Å². The number of carbonyl (C=O) groups is 1. The summed E-state index contributed by atoms with van der Waals surface area (Å²) < 4.78 is 11.4. The lowest BCUT2D eigenvalue weighted by molar-refractivity contribution is 0.0364. The second-order valence-electron chi connectivity index (χ2n) is 7.32. The number of hydrogen-bond acceptors (Lipinski definition) is 4. The zero-order valence-electron chi connectivity index (χ0n) is 15.4. The van der Waals surface area contributed by atoms with Crippen molar-refractivity contribution in [2.24, 2.45) is 5.92 Å². The molecule has 1 saturated heterocycles. The van der Waals surface area contributed by atoms with Gasteiger partial charge < -0.3 is 14.8 Å². The lowest BCUT2D eigenvalue weighted by atomic mass is 9.93. The monoisotopic (exact) mass is 345 g/mol. The Morgan fingerprint density at radius 2 is 2.00 bits per heavy atom. The molecule has 0 amide bonds. The van der Waals surface area contributed by atoms with Crippen LogP contribution in [0.2, 0.25) is 0 Å². The van der Waals surface area contributed by atoms with E-state index in [1.807, 2.05) is 18.2 Å². The van der Waals surface area contributed by atoms with Gasteiger partial charge in [0.1, 0.15) is 11.9 Å². The Morgan fingerprint density at radius 3 is 2.80 bits per heavy atom. The average Bonchev–Trinajstić information content (AvgIpc) is 2.96. The van der Waals surface area contributed by atoms with E-state index in [-0.39, 0.29) is 12.1 Å². The van der Waals surface area contributed by atoms with Gasteiger partial charge in [-0.05, 0) is 69.7 Å². The van der Waals surface area contributed by atoms with Gasteiger partial charge in [0.05, 0.1) is 12.2 Å². The highest BCUT2D eigenvalue weighted by atomic mass is 16.5. The number of fused-ring (bicyclic) bond motifs is 1. The molecule has 1 aromatic rings. The van der Waals surface area contributed by atoms with Gasteiger partial charge in [0.25, 0.3) is 0 Å². The minimum absolute atomic E-state index is 0.0681. The molecular formula is C21H31NO3. The van der Waals surface area contributed by atoms with Crippen molar-refractivity contribution in [3.63, 3.8) is 0 Å². The quantitative estimate of drug-likeness (QED) is 0.523. The fourth-order valence-electron chi connectivity index (χ4n) is 3.84. The number of piperidine rings is 1. The summed E-state index contributed by atoms with van der Waals surface area (Å²) in [5.41, 5.74) is 1.71. The summed E-state index contributed by atoms with van der Waals surface area (Å²) >= 11 is 0. The van der Waals surface area contributed by atoms with Crippen molar-refractivity contribution in [3.8, 4) is 5.75 Å². The number of unbranched alkanes of at least 4 members (excludes halogenated alkanes) is 2. The third-order valence-corrected chi connectivity index (χ3v) is 5.39. The Labute approximate surface area is 151 Å². The molecule has 4 nitrogen and oxygen atoms in total. The van der Waals surface area contributed by atoms with Crippen LogP contribution in [-0.4, -0.2) is 25.7 Å². The van der Waals surface area contributed by atoms with Crippen LogP contribution in [0.1, 0.15) is 80.3 Å². The molecule has 4 heteroatoms. The fourth-order valence-corrected chi connectivity index (χ4v) is 3.84. The molecule has 25 heavy (non-hydrogen) atoms. The normalized spacial score (nSPS) is 20.4. The van der Waals surface area contributed by atoms with E-state index >= 15 is 0 Å². The molecule has 1 aromatic carbocycles. The van der Waals surface area contributed by atoms with Gasteiger partial charge in [-0.25, -0.2) is 4.79 Å². The van der Waals surface area contributed by atoms with Gasteiger partial charge in [-0.3, -0.25) is 0 Å². The zero-order chi connectivity index (χ0) is 17.5. The van der Waals surface area contributed by atoms with E-state index in [2.05, 4.69) is 12.2 Å². The van der Waals surface area contributed by atoms with Crippen molar-refractivity contribution in [3.05, 3.63) is 29.3 Å². The summed E-state index contributed by atoms with van der Waals surface area (Å²) in [5, 5.41) is 3.41. The SMILES string of the molecule is CCCCC1OC(=O)c2cc(OCCCCC3CCNCC3)ccc21. The molecule has 0 aliphatic carbocycles. The minimum Gasteiger partial charge on any atom is -0.494 e. The molecule has 2 aliphatic rings. The van der Waals surface area contributed by atoms with Crippen LogP contribution in [0, 0.1) is 5.92 Å². The van der Waals surface area contributed by atoms with Gasteiger partial charge >= 0.3 is 5.97 Å². The number of cyclic esters (lactones) is 1. The minimum atomic E-state index is -0.201. The Balaban J connectivity index is 1.43.